The minimum atomic E-state index is -0.437. The van der Waals surface area contributed by atoms with E-state index in [1.54, 1.807) is 12.1 Å². The van der Waals surface area contributed by atoms with Crippen LogP contribution in [0.15, 0.2) is 29.2 Å². The molecule has 1 amide bonds. The van der Waals surface area contributed by atoms with E-state index in [0.29, 0.717) is 12.5 Å². The summed E-state index contributed by atoms with van der Waals surface area (Å²) in [6.45, 7) is 6.55. The van der Waals surface area contributed by atoms with E-state index in [4.69, 9.17) is 0 Å². The summed E-state index contributed by atoms with van der Waals surface area (Å²) >= 11 is 1.39. The van der Waals surface area contributed by atoms with Crippen molar-refractivity contribution in [2.24, 2.45) is 5.92 Å². The first kappa shape index (κ1) is 15.5. The van der Waals surface area contributed by atoms with E-state index in [1.807, 2.05) is 20.8 Å². The normalized spacial score (nSPS) is 12.2. The fourth-order valence-corrected chi connectivity index (χ4v) is 2.24. The molecule has 0 saturated carbocycles. The zero-order chi connectivity index (χ0) is 14.4. The summed E-state index contributed by atoms with van der Waals surface area (Å²) in [5.74, 6) is 0.401. The molecule has 104 valence electrons. The minimum Gasteiger partial charge on any atom is -0.355 e. The summed E-state index contributed by atoms with van der Waals surface area (Å²) in [6, 6.07) is 6.21. The summed E-state index contributed by atoms with van der Waals surface area (Å²) in [5.41, 5.74) is 0.0567. The molecule has 1 aromatic rings. The smallest absolute Gasteiger partial charge is 0.269 e. The summed E-state index contributed by atoms with van der Waals surface area (Å²) in [4.78, 5) is 22.7. The van der Waals surface area contributed by atoms with Crippen LogP contribution in [-0.4, -0.2) is 22.6 Å². The fourth-order valence-electron chi connectivity index (χ4n) is 1.35. The molecule has 0 saturated heterocycles. The minimum absolute atomic E-state index is 0.0166. The van der Waals surface area contributed by atoms with Gasteiger partial charge in [0, 0.05) is 23.6 Å². The second-order valence-electron chi connectivity index (χ2n) is 4.65. The lowest BCUT2D eigenvalue weighted by atomic mass is 10.2. The number of carbonyl (C=O) groups excluding carboxylic acids is 1. The Morgan fingerprint density at radius 2 is 1.89 bits per heavy atom. The lowest BCUT2D eigenvalue weighted by molar-refractivity contribution is -0.384. The predicted molar refractivity (Wildman–Crippen MR) is 76.3 cm³/mol. The van der Waals surface area contributed by atoms with Crippen molar-refractivity contribution in [3.05, 3.63) is 34.4 Å². The average molecular weight is 282 g/mol. The van der Waals surface area contributed by atoms with E-state index in [9.17, 15) is 14.9 Å². The Balaban J connectivity index is 2.54. The van der Waals surface area contributed by atoms with Crippen LogP contribution in [0.4, 0.5) is 5.69 Å². The van der Waals surface area contributed by atoms with E-state index < -0.39 is 4.92 Å². The Kier molecular flexibility index (Phi) is 5.82. The van der Waals surface area contributed by atoms with Gasteiger partial charge in [-0.15, -0.1) is 11.8 Å². The van der Waals surface area contributed by atoms with Crippen LogP contribution in [0.1, 0.15) is 20.8 Å². The molecule has 0 bridgehead atoms. The van der Waals surface area contributed by atoms with Gasteiger partial charge in [-0.3, -0.25) is 14.9 Å². The van der Waals surface area contributed by atoms with E-state index in [-0.39, 0.29) is 16.8 Å². The standard InChI is InChI=1S/C13H18N2O3S/c1-9(2)8-14-13(16)10(3)19-12-6-4-11(5-7-12)15(17)18/h4-7,9-10H,8H2,1-3H3,(H,14,16)/t10-/m1/s1. The molecule has 1 aromatic carbocycles. The molecule has 6 heteroatoms. The highest BCUT2D eigenvalue weighted by Gasteiger charge is 2.15. The third kappa shape index (κ3) is 5.30. The SMILES string of the molecule is CC(C)CNC(=O)[C@@H](C)Sc1ccc([N+](=O)[O-])cc1. The first-order valence-electron chi connectivity index (χ1n) is 6.09. The number of nitro benzene ring substituents is 1. The molecule has 0 radical (unpaired) electrons. The molecular formula is C13H18N2O3S. The van der Waals surface area contributed by atoms with Crippen molar-refractivity contribution in [3.8, 4) is 0 Å². The number of hydrogen-bond acceptors (Lipinski definition) is 4. The monoisotopic (exact) mass is 282 g/mol. The van der Waals surface area contributed by atoms with Crippen LogP contribution in [0, 0.1) is 16.0 Å². The molecule has 0 aliphatic heterocycles. The van der Waals surface area contributed by atoms with Crippen LogP contribution in [0.5, 0.6) is 0 Å². The Hall–Kier alpha value is -1.56. The van der Waals surface area contributed by atoms with Gasteiger partial charge in [0.25, 0.3) is 5.69 Å². The largest absolute Gasteiger partial charge is 0.355 e. The molecule has 19 heavy (non-hydrogen) atoms. The second kappa shape index (κ2) is 7.13. The van der Waals surface area contributed by atoms with E-state index in [0.717, 1.165) is 4.90 Å². The first-order valence-corrected chi connectivity index (χ1v) is 6.97. The van der Waals surface area contributed by atoms with Gasteiger partial charge in [-0.1, -0.05) is 13.8 Å². The Morgan fingerprint density at radius 1 is 1.32 bits per heavy atom. The van der Waals surface area contributed by atoms with Crippen LogP contribution < -0.4 is 5.32 Å². The van der Waals surface area contributed by atoms with Gasteiger partial charge >= 0.3 is 0 Å². The first-order chi connectivity index (χ1) is 8.90. The number of benzene rings is 1. The van der Waals surface area contributed by atoms with Gasteiger partial charge in [0.15, 0.2) is 0 Å². The number of hydrogen-bond donors (Lipinski definition) is 1. The number of non-ortho nitro benzene ring substituents is 1. The van der Waals surface area contributed by atoms with Crippen LogP contribution >= 0.6 is 11.8 Å². The maximum Gasteiger partial charge on any atom is 0.269 e. The number of thioether (sulfide) groups is 1. The Morgan fingerprint density at radius 3 is 2.37 bits per heavy atom. The highest BCUT2D eigenvalue weighted by atomic mass is 32.2. The molecule has 0 fully saturated rings. The van der Waals surface area contributed by atoms with Crippen molar-refractivity contribution >= 4 is 23.4 Å². The van der Waals surface area contributed by atoms with Gasteiger partial charge < -0.3 is 5.32 Å². The molecule has 1 atom stereocenters. The van der Waals surface area contributed by atoms with Crippen molar-refractivity contribution in [1.82, 2.24) is 5.32 Å². The third-order valence-electron chi connectivity index (χ3n) is 2.41. The van der Waals surface area contributed by atoms with Crippen LogP contribution in [0.2, 0.25) is 0 Å². The molecular weight excluding hydrogens is 264 g/mol. The van der Waals surface area contributed by atoms with E-state index >= 15 is 0 Å². The molecule has 1 rings (SSSR count). The maximum absolute atomic E-state index is 11.8. The fraction of sp³-hybridized carbons (Fsp3) is 0.462. The highest BCUT2D eigenvalue weighted by Crippen LogP contribution is 2.25. The average Bonchev–Trinajstić information content (AvgIpc) is 2.36. The molecule has 0 aliphatic carbocycles. The summed E-state index contributed by atoms with van der Waals surface area (Å²) < 4.78 is 0. The zero-order valence-electron chi connectivity index (χ0n) is 11.3. The van der Waals surface area contributed by atoms with E-state index in [2.05, 4.69) is 5.32 Å². The predicted octanol–water partition coefficient (Wildman–Crippen LogP) is 2.85. The summed E-state index contributed by atoms with van der Waals surface area (Å²) in [5, 5.41) is 13.2. The highest BCUT2D eigenvalue weighted by molar-refractivity contribution is 8.00. The number of amides is 1. The lowest BCUT2D eigenvalue weighted by Crippen LogP contribution is -2.33. The molecule has 5 nitrogen and oxygen atoms in total. The number of carbonyl (C=O) groups is 1. The third-order valence-corrected chi connectivity index (χ3v) is 3.53. The van der Waals surface area contributed by atoms with Crippen molar-refractivity contribution in [3.63, 3.8) is 0 Å². The van der Waals surface area contributed by atoms with Crippen molar-refractivity contribution in [2.75, 3.05) is 6.54 Å². The van der Waals surface area contributed by atoms with Gasteiger partial charge in [-0.25, -0.2) is 0 Å². The molecule has 0 heterocycles. The van der Waals surface area contributed by atoms with Crippen molar-refractivity contribution in [2.45, 2.75) is 30.9 Å². The van der Waals surface area contributed by atoms with Gasteiger partial charge in [-0.05, 0) is 25.0 Å². The Bertz CT molecular complexity index is 446. The molecule has 0 aliphatic rings. The number of nitrogens with zero attached hydrogens (tertiary/aromatic N) is 1. The lowest BCUT2D eigenvalue weighted by Gasteiger charge is -2.13. The van der Waals surface area contributed by atoms with Gasteiger partial charge in [-0.2, -0.15) is 0 Å². The van der Waals surface area contributed by atoms with Gasteiger partial charge in [0.05, 0.1) is 10.2 Å². The Labute approximate surface area is 116 Å². The van der Waals surface area contributed by atoms with Crippen molar-refractivity contribution in [1.29, 1.82) is 0 Å². The molecule has 0 aromatic heterocycles. The topological polar surface area (TPSA) is 72.2 Å². The quantitative estimate of drug-likeness (QED) is 0.494. The van der Waals surface area contributed by atoms with Crippen molar-refractivity contribution < 1.29 is 9.72 Å². The van der Waals surface area contributed by atoms with E-state index in [1.165, 1.54) is 23.9 Å². The van der Waals surface area contributed by atoms with Crippen LogP contribution in [0.3, 0.4) is 0 Å². The van der Waals surface area contributed by atoms with Crippen LogP contribution in [-0.2, 0) is 4.79 Å². The van der Waals surface area contributed by atoms with Gasteiger partial charge in [0.2, 0.25) is 5.91 Å². The molecule has 1 N–H and O–H groups in total. The number of nitro groups is 1. The number of nitrogens with one attached hydrogen (secondary N) is 1. The van der Waals surface area contributed by atoms with Gasteiger partial charge in [0.1, 0.15) is 0 Å². The molecule has 0 spiro atoms. The zero-order valence-corrected chi connectivity index (χ0v) is 12.1. The summed E-state index contributed by atoms with van der Waals surface area (Å²) in [7, 11) is 0. The summed E-state index contributed by atoms with van der Waals surface area (Å²) in [6.07, 6.45) is 0. The number of rotatable bonds is 6. The van der Waals surface area contributed by atoms with Crippen LogP contribution in [0.25, 0.3) is 0 Å². The second-order valence-corrected chi connectivity index (χ2v) is 6.06. The molecule has 0 unspecified atom stereocenters. The maximum atomic E-state index is 11.8.